The van der Waals surface area contributed by atoms with Crippen molar-refractivity contribution < 1.29 is 36.2 Å². The molecule has 1 aromatic heterocycles. The van der Waals surface area contributed by atoms with Crippen LogP contribution in [0.4, 0.5) is 18.9 Å². The summed E-state index contributed by atoms with van der Waals surface area (Å²) in [7, 11) is -4.20. The summed E-state index contributed by atoms with van der Waals surface area (Å²) in [6.07, 6.45) is -3.39. The predicted octanol–water partition coefficient (Wildman–Crippen LogP) is 5.04. The summed E-state index contributed by atoms with van der Waals surface area (Å²) in [6.45, 7) is 2.73. The van der Waals surface area contributed by atoms with E-state index in [0.717, 1.165) is 27.8 Å². The van der Waals surface area contributed by atoms with Crippen LogP contribution in [0.3, 0.4) is 0 Å². The number of carbonyl (C=O) groups is 1. The molecule has 0 saturated heterocycles. The van der Waals surface area contributed by atoms with E-state index in [1.54, 1.807) is 19.9 Å². The van der Waals surface area contributed by atoms with Gasteiger partial charge in [0.25, 0.3) is 10.0 Å². The standard InChI is InChI=1S/C21H19F3N2O5S2/c1-13(2)26(33(29,30)20-25-9-10-32-20)17-8-7-15(21(22,23)24)11-18(17)31-12-14-5-3-4-6-16(14)19(27)28/h3-11,13H,12H2,1-2H3,(H,27,28). The van der Waals surface area contributed by atoms with Crippen LogP contribution in [0, 0.1) is 0 Å². The summed E-state index contributed by atoms with van der Waals surface area (Å²) < 4.78 is 72.9. The fraction of sp³-hybridized carbons (Fsp3) is 0.238. The first-order chi connectivity index (χ1) is 15.4. The van der Waals surface area contributed by atoms with E-state index in [0.29, 0.717) is 6.07 Å². The van der Waals surface area contributed by atoms with Crippen molar-refractivity contribution in [1.29, 1.82) is 0 Å². The highest BCUT2D eigenvalue weighted by molar-refractivity contribution is 7.94. The number of aromatic nitrogens is 1. The molecule has 176 valence electrons. The van der Waals surface area contributed by atoms with Gasteiger partial charge in [0, 0.05) is 23.2 Å². The first-order valence-electron chi connectivity index (χ1n) is 9.52. The Morgan fingerprint density at radius 1 is 1.21 bits per heavy atom. The van der Waals surface area contributed by atoms with E-state index in [2.05, 4.69) is 4.98 Å². The summed E-state index contributed by atoms with van der Waals surface area (Å²) in [6, 6.07) is 7.65. The third-order valence-corrected chi connectivity index (χ3v) is 7.68. The molecule has 0 aliphatic heterocycles. The van der Waals surface area contributed by atoms with Gasteiger partial charge in [-0.15, -0.1) is 11.3 Å². The first kappa shape index (κ1) is 24.5. The first-order valence-corrected chi connectivity index (χ1v) is 11.8. The molecule has 0 saturated carbocycles. The third-order valence-electron chi connectivity index (χ3n) is 4.51. The van der Waals surface area contributed by atoms with Gasteiger partial charge >= 0.3 is 12.1 Å². The van der Waals surface area contributed by atoms with Crippen LogP contribution in [0.5, 0.6) is 5.75 Å². The zero-order valence-electron chi connectivity index (χ0n) is 17.4. The van der Waals surface area contributed by atoms with Gasteiger partial charge in [-0.3, -0.25) is 4.31 Å². The minimum Gasteiger partial charge on any atom is -0.487 e. The smallest absolute Gasteiger partial charge is 0.416 e. The number of carboxylic acids is 1. The minimum atomic E-state index is -4.70. The molecule has 3 rings (SSSR count). The Morgan fingerprint density at radius 2 is 1.91 bits per heavy atom. The number of ether oxygens (including phenoxy) is 1. The Bertz CT molecular complexity index is 1240. The highest BCUT2D eigenvalue weighted by Gasteiger charge is 2.35. The van der Waals surface area contributed by atoms with E-state index in [4.69, 9.17) is 4.74 Å². The highest BCUT2D eigenvalue weighted by atomic mass is 32.2. The van der Waals surface area contributed by atoms with Crippen LogP contribution in [0.25, 0.3) is 0 Å². The largest absolute Gasteiger partial charge is 0.487 e. The van der Waals surface area contributed by atoms with Crippen LogP contribution in [0.1, 0.15) is 35.3 Å². The Morgan fingerprint density at radius 3 is 2.48 bits per heavy atom. The van der Waals surface area contributed by atoms with Gasteiger partial charge in [0.05, 0.1) is 16.8 Å². The lowest BCUT2D eigenvalue weighted by Crippen LogP contribution is -2.37. The average molecular weight is 501 g/mol. The fourth-order valence-corrected chi connectivity index (χ4v) is 5.69. The van der Waals surface area contributed by atoms with E-state index >= 15 is 0 Å². The van der Waals surface area contributed by atoms with Crippen LogP contribution >= 0.6 is 11.3 Å². The van der Waals surface area contributed by atoms with Crippen molar-refractivity contribution in [3.8, 4) is 5.75 Å². The summed E-state index contributed by atoms with van der Waals surface area (Å²) in [5.74, 6) is -1.59. The predicted molar refractivity (Wildman–Crippen MR) is 116 cm³/mol. The lowest BCUT2D eigenvalue weighted by Gasteiger charge is -2.29. The molecular weight excluding hydrogens is 481 g/mol. The quantitative estimate of drug-likeness (QED) is 0.465. The maximum Gasteiger partial charge on any atom is 0.416 e. The number of halogens is 3. The van der Waals surface area contributed by atoms with Gasteiger partial charge in [0.1, 0.15) is 12.4 Å². The van der Waals surface area contributed by atoms with E-state index in [1.165, 1.54) is 29.8 Å². The molecule has 0 aliphatic carbocycles. The maximum absolute atomic E-state index is 13.4. The SMILES string of the molecule is CC(C)N(c1ccc(C(F)(F)F)cc1OCc1ccccc1C(=O)O)S(=O)(=O)c1nccs1. The number of carboxylic acid groups (broad SMARTS) is 1. The number of sulfonamides is 1. The van der Waals surface area contributed by atoms with Gasteiger partial charge in [-0.1, -0.05) is 18.2 Å². The number of benzene rings is 2. The molecule has 1 heterocycles. The van der Waals surface area contributed by atoms with Gasteiger partial charge in [0.2, 0.25) is 4.34 Å². The second-order valence-electron chi connectivity index (χ2n) is 7.12. The molecule has 0 unspecified atom stereocenters. The Hall–Kier alpha value is -3.12. The molecule has 12 heteroatoms. The van der Waals surface area contributed by atoms with Crippen LogP contribution < -0.4 is 9.04 Å². The summed E-state index contributed by atoms with van der Waals surface area (Å²) in [4.78, 5) is 15.3. The minimum absolute atomic E-state index is 0.0813. The number of hydrogen-bond acceptors (Lipinski definition) is 6. The molecule has 0 radical (unpaired) electrons. The zero-order chi connectivity index (χ0) is 24.4. The number of thiazole rings is 1. The molecule has 0 bridgehead atoms. The van der Waals surface area contributed by atoms with E-state index in [1.807, 2.05) is 0 Å². The monoisotopic (exact) mass is 500 g/mol. The summed E-state index contributed by atoms with van der Waals surface area (Å²) in [5, 5.41) is 10.8. The summed E-state index contributed by atoms with van der Waals surface area (Å²) in [5.41, 5.74) is -1.03. The van der Waals surface area contributed by atoms with E-state index in [9.17, 15) is 31.5 Å². The second kappa shape index (κ2) is 9.40. The number of anilines is 1. The molecule has 2 aromatic carbocycles. The number of hydrogen-bond donors (Lipinski definition) is 1. The van der Waals surface area contributed by atoms with E-state index in [-0.39, 0.29) is 33.5 Å². The fourth-order valence-electron chi connectivity index (χ4n) is 3.11. The van der Waals surface area contributed by atoms with Crippen molar-refractivity contribution in [3.05, 3.63) is 70.7 Å². The van der Waals surface area contributed by atoms with Crippen LogP contribution in [0.15, 0.2) is 58.4 Å². The molecule has 1 N–H and O–H groups in total. The zero-order valence-corrected chi connectivity index (χ0v) is 19.0. The number of alkyl halides is 3. The highest BCUT2D eigenvalue weighted by Crippen LogP contribution is 2.40. The van der Waals surface area contributed by atoms with Crippen molar-refractivity contribution in [2.75, 3.05) is 4.31 Å². The van der Waals surface area contributed by atoms with Gasteiger partial charge in [-0.2, -0.15) is 21.6 Å². The Kier molecular flexibility index (Phi) is 6.98. The molecule has 0 fully saturated rings. The normalized spacial score (nSPS) is 12.1. The van der Waals surface area contributed by atoms with Crippen molar-refractivity contribution in [3.63, 3.8) is 0 Å². The number of rotatable bonds is 8. The molecule has 3 aromatic rings. The molecule has 0 amide bonds. The van der Waals surface area contributed by atoms with Gasteiger partial charge in [-0.05, 0) is 38.1 Å². The molecule has 33 heavy (non-hydrogen) atoms. The van der Waals surface area contributed by atoms with Crippen LogP contribution in [-0.4, -0.2) is 30.5 Å². The Balaban J connectivity index is 2.11. The molecule has 0 spiro atoms. The van der Waals surface area contributed by atoms with Crippen LogP contribution in [-0.2, 0) is 22.8 Å². The second-order valence-corrected chi connectivity index (χ2v) is 10.0. The molecular formula is C21H19F3N2O5S2. The average Bonchev–Trinajstić information content (AvgIpc) is 3.28. The molecule has 0 atom stereocenters. The number of aromatic carboxylic acids is 1. The van der Waals surface area contributed by atoms with Gasteiger partial charge < -0.3 is 9.84 Å². The molecule has 7 nitrogen and oxygen atoms in total. The van der Waals surface area contributed by atoms with Crippen molar-refractivity contribution in [1.82, 2.24) is 4.98 Å². The van der Waals surface area contributed by atoms with Crippen molar-refractivity contribution >= 4 is 33.0 Å². The number of nitrogens with zero attached hydrogens (tertiary/aromatic N) is 2. The maximum atomic E-state index is 13.4. The van der Waals surface area contributed by atoms with Gasteiger partial charge in [-0.25, -0.2) is 9.78 Å². The third kappa shape index (κ3) is 5.28. The molecule has 0 aliphatic rings. The Labute approximate surface area is 192 Å². The van der Waals surface area contributed by atoms with Gasteiger partial charge in [0.15, 0.2) is 0 Å². The summed E-state index contributed by atoms with van der Waals surface area (Å²) >= 11 is 0.872. The topological polar surface area (TPSA) is 96.8 Å². The van der Waals surface area contributed by atoms with Crippen molar-refractivity contribution in [2.45, 2.75) is 37.0 Å². The lowest BCUT2D eigenvalue weighted by atomic mass is 10.1. The van der Waals surface area contributed by atoms with E-state index < -0.39 is 33.8 Å². The van der Waals surface area contributed by atoms with Crippen molar-refractivity contribution in [2.24, 2.45) is 0 Å². The van der Waals surface area contributed by atoms with Crippen LogP contribution in [0.2, 0.25) is 0 Å². The lowest BCUT2D eigenvalue weighted by molar-refractivity contribution is -0.137.